The minimum absolute atomic E-state index is 0.0366. The molecular weight excluding hydrogens is 377 g/mol. The Balaban J connectivity index is 2.15. The number of nitrogens with two attached hydrogens (primary N) is 2. The first kappa shape index (κ1) is 19.0. The number of benzene rings is 1. The number of halogens is 3. The Morgan fingerprint density at radius 2 is 2.00 bits per heavy atom. The number of nitrogens with zero attached hydrogens (tertiary/aromatic N) is 2. The van der Waals surface area contributed by atoms with E-state index in [0.717, 1.165) is 23.1 Å². The molecule has 0 spiro atoms. The first-order valence-corrected chi connectivity index (χ1v) is 7.82. The summed E-state index contributed by atoms with van der Waals surface area (Å²) >= 11 is 0. The number of pyridine rings is 1. The van der Waals surface area contributed by atoms with Gasteiger partial charge in [-0.15, -0.1) is 0 Å². The molecule has 0 atom stereocenters. The Hall–Kier alpha value is -3.76. The van der Waals surface area contributed by atoms with E-state index < -0.39 is 23.6 Å². The van der Waals surface area contributed by atoms with Gasteiger partial charge in [0.25, 0.3) is 5.91 Å². The van der Waals surface area contributed by atoms with Gasteiger partial charge in [0, 0.05) is 24.7 Å². The lowest BCUT2D eigenvalue weighted by atomic mass is 10.1. The molecule has 28 heavy (non-hydrogen) atoms. The van der Waals surface area contributed by atoms with E-state index in [2.05, 4.69) is 9.97 Å². The van der Waals surface area contributed by atoms with Crippen molar-refractivity contribution in [2.75, 3.05) is 12.8 Å². The lowest BCUT2D eigenvalue weighted by Gasteiger charge is -2.13. The quantitative estimate of drug-likeness (QED) is 0.402. The van der Waals surface area contributed by atoms with Crippen LogP contribution in [-0.2, 0) is 6.18 Å². The van der Waals surface area contributed by atoms with E-state index >= 15 is 0 Å². The molecule has 0 radical (unpaired) electrons. The summed E-state index contributed by atoms with van der Waals surface area (Å²) in [6.07, 6.45) is -3.26. The molecule has 0 aliphatic rings. The summed E-state index contributed by atoms with van der Waals surface area (Å²) in [6.45, 7) is 0. The number of rotatable bonds is 3. The van der Waals surface area contributed by atoms with Crippen molar-refractivity contribution in [3.8, 4) is 11.5 Å². The minimum Gasteiger partial charge on any atom is -0.455 e. The average Bonchev–Trinajstić information content (AvgIpc) is 3.05. The number of ether oxygens (including phenoxy) is 1. The SMILES string of the molecule is CN(C(=N)N)C(=O)c1cc2c(C(F)(F)F)ccc(Oc3ccnc(N)c3)c2[nH]1. The summed E-state index contributed by atoms with van der Waals surface area (Å²) in [6, 6.07) is 5.94. The molecule has 1 amide bonds. The van der Waals surface area contributed by atoms with E-state index in [9.17, 15) is 18.0 Å². The summed E-state index contributed by atoms with van der Waals surface area (Å²) in [5.41, 5.74) is 9.69. The van der Waals surface area contributed by atoms with Crippen LogP contribution in [-0.4, -0.2) is 33.8 Å². The van der Waals surface area contributed by atoms with E-state index in [4.69, 9.17) is 21.6 Å². The lowest BCUT2D eigenvalue weighted by molar-refractivity contribution is -0.136. The van der Waals surface area contributed by atoms with Crippen molar-refractivity contribution in [1.82, 2.24) is 14.9 Å². The zero-order valence-corrected chi connectivity index (χ0v) is 14.5. The fourth-order valence-electron chi connectivity index (χ4n) is 2.55. The van der Waals surface area contributed by atoms with Crippen LogP contribution >= 0.6 is 0 Å². The van der Waals surface area contributed by atoms with Crippen LogP contribution in [0.2, 0.25) is 0 Å². The second-order valence-electron chi connectivity index (χ2n) is 5.85. The second-order valence-corrected chi connectivity index (χ2v) is 5.85. The fraction of sp³-hybridized carbons (Fsp3) is 0.118. The number of H-pyrrole nitrogens is 1. The molecule has 3 rings (SSSR count). The molecule has 8 nitrogen and oxygen atoms in total. The minimum atomic E-state index is -4.65. The highest BCUT2D eigenvalue weighted by molar-refractivity contribution is 6.06. The lowest BCUT2D eigenvalue weighted by Crippen LogP contribution is -2.38. The van der Waals surface area contributed by atoms with Crippen molar-refractivity contribution in [1.29, 1.82) is 5.41 Å². The number of guanidine groups is 1. The van der Waals surface area contributed by atoms with Gasteiger partial charge in [-0.1, -0.05) is 0 Å². The molecule has 2 aromatic heterocycles. The van der Waals surface area contributed by atoms with Crippen molar-refractivity contribution in [3.05, 3.63) is 47.8 Å². The number of hydrogen-bond donors (Lipinski definition) is 4. The van der Waals surface area contributed by atoms with Crippen LogP contribution in [0.15, 0.2) is 36.5 Å². The molecule has 0 aliphatic heterocycles. The first-order valence-electron chi connectivity index (χ1n) is 7.82. The standard InChI is InChI=1S/C17H15F3N6O2/c1-26(16(22)23)15(27)11-7-9-10(17(18,19)20)2-3-12(14(9)25-11)28-8-4-5-24-13(21)6-8/h2-7,25H,1H3,(H2,21,24)(H3,22,23). The van der Waals surface area contributed by atoms with Crippen LogP contribution in [0.25, 0.3) is 10.9 Å². The number of carbonyl (C=O) groups excluding carboxylic acids is 1. The van der Waals surface area contributed by atoms with Crippen LogP contribution in [0.5, 0.6) is 11.5 Å². The Bertz CT molecular complexity index is 1080. The van der Waals surface area contributed by atoms with Crippen molar-refractivity contribution in [2.24, 2.45) is 5.73 Å². The van der Waals surface area contributed by atoms with Gasteiger partial charge in [0.05, 0.1) is 11.1 Å². The molecular formula is C17H15F3N6O2. The maximum atomic E-state index is 13.4. The van der Waals surface area contributed by atoms with Crippen molar-refractivity contribution < 1.29 is 22.7 Å². The summed E-state index contributed by atoms with van der Waals surface area (Å²) < 4.78 is 45.8. The van der Waals surface area contributed by atoms with Gasteiger partial charge in [0.15, 0.2) is 11.7 Å². The van der Waals surface area contributed by atoms with E-state index in [0.29, 0.717) is 0 Å². The van der Waals surface area contributed by atoms with E-state index in [-0.39, 0.29) is 33.9 Å². The predicted molar refractivity (Wildman–Crippen MR) is 96.0 cm³/mol. The van der Waals surface area contributed by atoms with Gasteiger partial charge < -0.3 is 21.2 Å². The van der Waals surface area contributed by atoms with E-state index in [1.54, 1.807) is 0 Å². The highest BCUT2D eigenvalue weighted by atomic mass is 19.4. The Labute approximate surface area is 156 Å². The molecule has 0 aliphatic carbocycles. The van der Waals surface area contributed by atoms with Gasteiger partial charge in [-0.2, -0.15) is 13.2 Å². The average molecular weight is 392 g/mol. The number of carbonyl (C=O) groups is 1. The number of anilines is 1. The largest absolute Gasteiger partial charge is 0.455 e. The Morgan fingerprint density at radius 1 is 1.29 bits per heavy atom. The van der Waals surface area contributed by atoms with Crippen molar-refractivity contribution in [2.45, 2.75) is 6.18 Å². The predicted octanol–water partition coefficient (Wildman–Crippen LogP) is 2.92. The molecule has 3 aromatic rings. The fourth-order valence-corrected chi connectivity index (χ4v) is 2.55. The zero-order valence-electron chi connectivity index (χ0n) is 14.5. The number of nitrogens with one attached hydrogen (secondary N) is 2. The molecule has 146 valence electrons. The highest BCUT2D eigenvalue weighted by Crippen LogP contribution is 2.40. The molecule has 6 N–H and O–H groups in total. The number of alkyl halides is 3. The monoisotopic (exact) mass is 392 g/mol. The number of fused-ring (bicyclic) bond motifs is 1. The molecule has 0 saturated heterocycles. The van der Waals surface area contributed by atoms with Gasteiger partial charge in [-0.05, 0) is 24.3 Å². The van der Waals surface area contributed by atoms with Crippen molar-refractivity contribution >= 4 is 28.6 Å². The van der Waals surface area contributed by atoms with E-state index in [1.165, 1.54) is 25.4 Å². The van der Waals surface area contributed by atoms with Crippen LogP contribution in [0.1, 0.15) is 16.1 Å². The van der Waals surface area contributed by atoms with Crippen LogP contribution in [0.4, 0.5) is 19.0 Å². The summed E-state index contributed by atoms with van der Waals surface area (Å²) in [4.78, 5) is 19.6. The van der Waals surface area contributed by atoms with Gasteiger partial charge >= 0.3 is 6.18 Å². The third-order valence-electron chi connectivity index (χ3n) is 3.94. The Kier molecular flexibility index (Phi) is 4.59. The second kappa shape index (κ2) is 6.76. The first-order chi connectivity index (χ1) is 13.1. The molecule has 0 unspecified atom stereocenters. The highest BCUT2D eigenvalue weighted by Gasteiger charge is 2.34. The third kappa shape index (κ3) is 3.54. The smallest absolute Gasteiger partial charge is 0.417 e. The zero-order chi connectivity index (χ0) is 20.6. The number of hydrogen-bond acceptors (Lipinski definition) is 5. The maximum absolute atomic E-state index is 13.4. The summed E-state index contributed by atoms with van der Waals surface area (Å²) in [5, 5.41) is 7.06. The topological polar surface area (TPSA) is 134 Å². The molecule has 2 heterocycles. The number of nitrogen functional groups attached to an aromatic ring is 1. The molecule has 11 heteroatoms. The number of amides is 1. The van der Waals surface area contributed by atoms with E-state index in [1.807, 2.05) is 0 Å². The van der Waals surface area contributed by atoms with Gasteiger partial charge in [0.2, 0.25) is 0 Å². The van der Waals surface area contributed by atoms with Crippen LogP contribution in [0.3, 0.4) is 0 Å². The molecule has 0 bridgehead atoms. The number of aromatic nitrogens is 2. The maximum Gasteiger partial charge on any atom is 0.417 e. The summed E-state index contributed by atoms with van der Waals surface area (Å²) in [7, 11) is 1.23. The van der Waals surface area contributed by atoms with Crippen molar-refractivity contribution in [3.63, 3.8) is 0 Å². The normalized spacial score (nSPS) is 11.4. The molecule has 1 aromatic carbocycles. The Morgan fingerprint density at radius 3 is 2.61 bits per heavy atom. The number of aromatic amines is 1. The third-order valence-corrected chi connectivity index (χ3v) is 3.94. The summed E-state index contributed by atoms with van der Waals surface area (Å²) in [5.74, 6) is -0.833. The van der Waals surface area contributed by atoms with Crippen LogP contribution < -0.4 is 16.2 Å². The molecule has 0 fully saturated rings. The van der Waals surface area contributed by atoms with Crippen LogP contribution in [0, 0.1) is 5.41 Å². The van der Waals surface area contributed by atoms with Gasteiger partial charge in [0.1, 0.15) is 17.3 Å². The van der Waals surface area contributed by atoms with Gasteiger partial charge in [-0.3, -0.25) is 15.1 Å². The van der Waals surface area contributed by atoms with Gasteiger partial charge in [-0.25, -0.2) is 4.98 Å². The molecule has 0 saturated carbocycles.